The third kappa shape index (κ3) is 4.85. The predicted octanol–water partition coefficient (Wildman–Crippen LogP) is 2.27. The number of thioether (sulfide) groups is 1. The quantitative estimate of drug-likeness (QED) is 0.617. The van der Waals surface area contributed by atoms with Gasteiger partial charge >= 0.3 is 5.97 Å². The molecule has 110 valence electrons. The van der Waals surface area contributed by atoms with E-state index in [0.29, 0.717) is 10.6 Å². The van der Waals surface area contributed by atoms with Crippen LogP contribution in [0, 0.1) is 0 Å². The lowest BCUT2D eigenvalue weighted by molar-refractivity contribution is -0.125. The molecule has 1 amide bonds. The fourth-order valence-corrected chi connectivity index (χ4v) is 2.22. The van der Waals surface area contributed by atoms with Crippen LogP contribution < -0.4 is 5.32 Å². The first-order chi connectivity index (χ1) is 9.62. The van der Waals surface area contributed by atoms with Crippen LogP contribution in [-0.2, 0) is 9.53 Å². The molecule has 0 saturated carbocycles. The second kappa shape index (κ2) is 8.58. The molecule has 0 unspecified atom stereocenters. The van der Waals surface area contributed by atoms with Crippen LogP contribution in [0.2, 0.25) is 0 Å². The number of hydrogen-bond acceptors (Lipinski definition) is 5. The Hall–Kier alpha value is -1.56. The number of amides is 1. The van der Waals surface area contributed by atoms with E-state index in [1.165, 1.54) is 11.8 Å². The molecule has 0 aliphatic heterocycles. The number of pyridine rings is 1. The predicted molar refractivity (Wildman–Crippen MR) is 78.8 cm³/mol. The molecular formula is C14H20N2O3S. The molecule has 5 nitrogen and oxygen atoms in total. The number of carbonyl (C=O) groups is 2. The first-order valence-electron chi connectivity index (χ1n) is 6.57. The summed E-state index contributed by atoms with van der Waals surface area (Å²) in [5.41, 5.74) is 0.385. The van der Waals surface area contributed by atoms with Crippen LogP contribution in [0.4, 0.5) is 0 Å². The lowest BCUT2D eigenvalue weighted by Crippen LogP contribution is -2.36. The zero-order valence-electron chi connectivity index (χ0n) is 12.0. The Kier molecular flexibility index (Phi) is 7.08. The number of carbonyl (C=O) groups excluding carboxylic acids is 2. The second-order valence-corrected chi connectivity index (χ2v) is 5.01. The lowest BCUT2D eigenvalue weighted by atomic mass is 10.2. The zero-order chi connectivity index (χ0) is 15.0. The molecule has 0 spiro atoms. The van der Waals surface area contributed by atoms with Gasteiger partial charge in [0, 0.05) is 12.2 Å². The van der Waals surface area contributed by atoms with E-state index in [1.807, 2.05) is 20.1 Å². The van der Waals surface area contributed by atoms with Gasteiger partial charge in [-0.1, -0.05) is 13.8 Å². The van der Waals surface area contributed by atoms with Crippen LogP contribution in [0.3, 0.4) is 0 Å². The maximum absolute atomic E-state index is 11.9. The van der Waals surface area contributed by atoms with E-state index < -0.39 is 5.97 Å². The SMILES string of the molecule is CCC(CC)NC(=O)COC(=O)c1cccnc1SC. The Morgan fingerprint density at radius 3 is 2.70 bits per heavy atom. The molecule has 0 atom stereocenters. The molecule has 6 heteroatoms. The Morgan fingerprint density at radius 1 is 1.40 bits per heavy atom. The summed E-state index contributed by atoms with van der Waals surface area (Å²) in [4.78, 5) is 27.6. The molecule has 0 aliphatic carbocycles. The van der Waals surface area contributed by atoms with Crippen molar-refractivity contribution in [2.75, 3.05) is 12.9 Å². The molecule has 1 aromatic heterocycles. The van der Waals surface area contributed by atoms with Crippen molar-refractivity contribution in [3.05, 3.63) is 23.9 Å². The average Bonchev–Trinajstić information content (AvgIpc) is 2.50. The minimum absolute atomic E-state index is 0.126. The molecule has 0 aromatic carbocycles. The molecule has 0 aliphatic rings. The summed E-state index contributed by atoms with van der Waals surface area (Å²) in [6, 6.07) is 3.43. The van der Waals surface area contributed by atoms with E-state index in [1.54, 1.807) is 18.3 Å². The minimum atomic E-state index is -0.526. The number of esters is 1. The van der Waals surface area contributed by atoms with Crippen molar-refractivity contribution in [2.45, 2.75) is 37.8 Å². The third-order valence-corrected chi connectivity index (χ3v) is 3.58. The van der Waals surface area contributed by atoms with E-state index in [9.17, 15) is 9.59 Å². The van der Waals surface area contributed by atoms with E-state index in [2.05, 4.69) is 10.3 Å². The maximum atomic E-state index is 11.9. The third-order valence-electron chi connectivity index (χ3n) is 2.87. The highest BCUT2D eigenvalue weighted by atomic mass is 32.2. The van der Waals surface area contributed by atoms with Gasteiger partial charge in [0.15, 0.2) is 6.61 Å². The summed E-state index contributed by atoms with van der Waals surface area (Å²) >= 11 is 1.36. The molecule has 1 heterocycles. The van der Waals surface area contributed by atoms with Crippen LogP contribution in [0.5, 0.6) is 0 Å². The second-order valence-electron chi connectivity index (χ2n) is 4.22. The van der Waals surface area contributed by atoms with Crippen molar-refractivity contribution < 1.29 is 14.3 Å². The van der Waals surface area contributed by atoms with Gasteiger partial charge in [-0.3, -0.25) is 4.79 Å². The van der Waals surface area contributed by atoms with Crippen molar-refractivity contribution in [3.8, 4) is 0 Å². The van der Waals surface area contributed by atoms with Gasteiger partial charge < -0.3 is 10.1 Å². The van der Waals surface area contributed by atoms with Crippen LogP contribution in [0.1, 0.15) is 37.0 Å². The van der Waals surface area contributed by atoms with Gasteiger partial charge in [0.2, 0.25) is 0 Å². The molecule has 1 N–H and O–H groups in total. The standard InChI is InChI=1S/C14H20N2O3S/c1-4-10(5-2)16-12(17)9-19-14(18)11-7-6-8-15-13(11)20-3/h6-8,10H,4-5,9H2,1-3H3,(H,16,17). The molecule has 20 heavy (non-hydrogen) atoms. The number of nitrogens with one attached hydrogen (secondary N) is 1. The average molecular weight is 296 g/mol. The van der Waals surface area contributed by atoms with Gasteiger partial charge in [0.1, 0.15) is 5.03 Å². The number of hydrogen-bond donors (Lipinski definition) is 1. The van der Waals surface area contributed by atoms with Gasteiger partial charge in [0.05, 0.1) is 5.56 Å². The van der Waals surface area contributed by atoms with E-state index in [0.717, 1.165) is 12.8 Å². The minimum Gasteiger partial charge on any atom is -0.452 e. The van der Waals surface area contributed by atoms with Crippen LogP contribution in [-0.4, -0.2) is 35.8 Å². The summed E-state index contributed by atoms with van der Waals surface area (Å²) in [7, 11) is 0. The zero-order valence-corrected chi connectivity index (χ0v) is 12.8. The molecule has 0 fully saturated rings. The Balaban J connectivity index is 2.53. The smallest absolute Gasteiger partial charge is 0.341 e. The van der Waals surface area contributed by atoms with E-state index >= 15 is 0 Å². The van der Waals surface area contributed by atoms with Crippen LogP contribution >= 0.6 is 11.8 Å². The van der Waals surface area contributed by atoms with Gasteiger partial charge in [-0.15, -0.1) is 11.8 Å². The molecule has 0 radical (unpaired) electrons. The summed E-state index contributed by atoms with van der Waals surface area (Å²) in [5, 5.41) is 3.41. The molecule has 1 aromatic rings. The first kappa shape index (κ1) is 16.5. The highest BCUT2D eigenvalue weighted by Crippen LogP contribution is 2.17. The molecule has 0 bridgehead atoms. The Bertz CT molecular complexity index is 461. The van der Waals surface area contributed by atoms with Crippen molar-refractivity contribution in [1.82, 2.24) is 10.3 Å². The number of aromatic nitrogens is 1. The summed E-state index contributed by atoms with van der Waals surface area (Å²) in [6.07, 6.45) is 5.16. The van der Waals surface area contributed by atoms with Crippen molar-refractivity contribution >= 4 is 23.6 Å². The molecular weight excluding hydrogens is 276 g/mol. The topological polar surface area (TPSA) is 68.3 Å². The highest BCUT2D eigenvalue weighted by molar-refractivity contribution is 7.98. The fraction of sp³-hybridized carbons (Fsp3) is 0.500. The lowest BCUT2D eigenvalue weighted by Gasteiger charge is -2.14. The van der Waals surface area contributed by atoms with Crippen LogP contribution in [0.15, 0.2) is 23.4 Å². The van der Waals surface area contributed by atoms with Gasteiger partial charge in [-0.2, -0.15) is 0 Å². The van der Waals surface area contributed by atoms with Gasteiger partial charge in [0.25, 0.3) is 5.91 Å². The summed E-state index contributed by atoms with van der Waals surface area (Å²) in [6.45, 7) is 3.74. The molecule has 1 rings (SSSR count). The van der Waals surface area contributed by atoms with Crippen molar-refractivity contribution in [3.63, 3.8) is 0 Å². The van der Waals surface area contributed by atoms with Gasteiger partial charge in [-0.05, 0) is 31.2 Å². The normalized spacial score (nSPS) is 10.4. The summed E-state index contributed by atoms with van der Waals surface area (Å²) < 4.78 is 5.02. The van der Waals surface area contributed by atoms with Gasteiger partial charge in [-0.25, -0.2) is 9.78 Å². The van der Waals surface area contributed by atoms with Crippen molar-refractivity contribution in [2.24, 2.45) is 0 Å². The maximum Gasteiger partial charge on any atom is 0.341 e. The fourth-order valence-electron chi connectivity index (χ4n) is 1.68. The summed E-state index contributed by atoms with van der Waals surface area (Å²) in [5.74, 6) is -0.802. The highest BCUT2D eigenvalue weighted by Gasteiger charge is 2.15. The Labute approximate surface area is 123 Å². The number of ether oxygens (including phenoxy) is 1. The number of nitrogens with zero attached hydrogens (tertiary/aromatic N) is 1. The number of rotatable bonds is 7. The van der Waals surface area contributed by atoms with Crippen LogP contribution in [0.25, 0.3) is 0 Å². The van der Waals surface area contributed by atoms with E-state index in [4.69, 9.17) is 4.74 Å². The monoisotopic (exact) mass is 296 g/mol. The molecule has 0 saturated heterocycles. The largest absolute Gasteiger partial charge is 0.452 e. The van der Waals surface area contributed by atoms with Crippen molar-refractivity contribution in [1.29, 1.82) is 0 Å². The first-order valence-corrected chi connectivity index (χ1v) is 7.80. The Morgan fingerprint density at radius 2 is 2.10 bits per heavy atom. The van der Waals surface area contributed by atoms with E-state index in [-0.39, 0.29) is 18.6 Å².